The zero-order valence-corrected chi connectivity index (χ0v) is 5.07. The molecule has 3 N–H and O–H groups in total. The van der Waals surface area contributed by atoms with Crippen LogP contribution in [0.5, 0.6) is 0 Å². The number of nitrogens with two attached hydrogens (primary N) is 1. The van der Waals surface area contributed by atoms with Gasteiger partial charge in [-0.25, -0.2) is 0 Å². The van der Waals surface area contributed by atoms with Gasteiger partial charge in [0, 0.05) is 32.7 Å². The standard InChI is InChI=1S/CH4N2.Y/c2-1-3;/h1H,(H3,2,3);. The van der Waals surface area contributed by atoms with E-state index >= 15 is 0 Å². The first-order chi connectivity index (χ1) is 1.41. The van der Waals surface area contributed by atoms with E-state index in [0.29, 0.717) is 0 Å². The van der Waals surface area contributed by atoms with Crippen molar-refractivity contribution in [1.29, 1.82) is 5.41 Å². The first-order valence-electron chi connectivity index (χ1n) is 0.622. The van der Waals surface area contributed by atoms with E-state index in [2.05, 4.69) is 5.73 Å². The van der Waals surface area contributed by atoms with Gasteiger partial charge in [-0.3, -0.25) is 5.41 Å². The molecule has 0 saturated carbocycles. The topological polar surface area (TPSA) is 49.9 Å². The summed E-state index contributed by atoms with van der Waals surface area (Å²) in [5, 5.41) is 5.86. The van der Waals surface area contributed by atoms with Gasteiger partial charge in [-0.2, -0.15) is 0 Å². The Morgan fingerprint density at radius 2 is 1.75 bits per heavy atom. The van der Waals surface area contributed by atoms with Gasteiger partial charge in [0.25, 0.3) is 0 Å². The van der Waals surface area contributed by atoms with Crippen LogP contribution in [-0.2, 0) is 32.7 Å². The van der Waals surface area contributed by atoms with Crippen LogP contribution >= 0.6 is 0 Å². The van der Waals surface area contributed by atoms with E-state index < -0.39 is 0 Å². The summed E-state index contributed by atoms with van der Waals surface area (Å²) >= 11 is 0. The summed E-state index contributed by atoms with van der Waals surface area (Å²) in [5.74, 6) is 0. The van der Waals surface area contributed by atoms with E-state index in [-0.39, 0.29) is 32.7 Å². The van der Waals surface area contributed by atoms with Crippen molar-refractivity contribution < 1.29 is 32.7 Å². The van der Waals surface area contributed by atoms with Crippen LogP contribution in [0.15, 0.2) is 0 Å². The number of rotatable bonds is 0. The molecule has 0 saturated heterocycles. The third-order valence-electron chi connectivity index (χ3n) is 0. The molecule has 3 heteroatoms. The molecule has 0 aromatic carbocycles. The van der Waals surface area contributed by atoms with E-state index in [1.807, 2.05) is 0 Å². The van der Waals surface area contributed by atoms with Crippen LogP contribution in [0.3, 0.4) is 0 Å². The van der Waals surface area contributed by atoms with E-state index in [1.165, 1.54) is 0 Å². The fourth-order valence-electron chi connectivity index (χ4n) is 0. The summed E-state index contributed by atoms with van der Waals surface area (Å²) in [6.07, 6.45) is 0.750. The molecule has 0 amide bonds. The molecule has 0 aliphatic carbocycles. The molecule has 2 nitrogen and oxygen atoms in total. The van der Waals surface area contributed by atoms with Gasteiger partial charge in [0.05, 0.1) is 6.34 Å². The second-order valence-corrected chi connectivity index (χ2v) is 0.167. The van der Waals surface area contributed by atoms with Crippen molar-refractivity contribution in [2.75, 3.05) is 0 Å². The Bertz CT molecular complexity index is 13.5. The van der Waals surface area contributed by atoms with Gasteiger partial charge in [0.1, 0.15) is 0 Å². The maximum atomic E-state index is 5.86. The molecule has 0 fully saturated rings. The molecule has 0 unspecified atom stereocenters. The maximum absolute atomic E-state index is 5.86. The zero-order valence-electron chi connectivity index (χ0n) is 2.23. The predicted molar refractivity (Wildman–Crippen MR) is 13.0 cm³/mol. The summed E-state index contributed by atoms with van der Waals surface area (Å²) < 4.78 is 0. The van der Waals surface area contributed by atoms with Crippen molar-refractivity contribution in [3.05, 3.63) is 0 Å². The maximum Gasteiger partial charge on any atom is 0.0765 e. The second kappa shape index (κ2) is 9.56. The van der Waals surface area contributed by atoms with Crippen molar-refractivity contribution in [3.8, 4) is 0 Å². The Balaban J connectivity index is 0. The SMILES string of the molecule is N=CN.[Y]. The Morgan fingerprint density at radius 1 is 1.75 bits per heavy atom. The van der Waals surface area contributed by atoms with Crippen LogP contribution in [0.4, 0.5) is 0 Å². The molecule has 0 aliphatic heterocycles. The molecule has 1 radical (unpaired) electrons. The largest absolute Gasteiger partial charge is 0.390 e. The fourth-order valence-corrected chi connectivity index (χ4v) is 0. The van der Waals surface area contributed by atoms with Crippen molar-refractivity contribution in [1.82, 2.24) is 0 Å². The van der Waals surface area contributed by atoms with Crippen molar-refractivity contribution in [2.45, 2.75) is 0 Å². The minimum Gasteiger partial charge on any atom is -0.390 e. The first kappa shape index (κ1) is 8.82. The Labute approximate surface area is 50.1 Å². The molecule has 0 aliphatic rings. The minimum atomic E-state index is 0. The smallest absolute Gasteiger partial charge is 0.0765 e. The van der Waals surface area contributed by atoms with E-state index in [0.717, 1.165) is 6.34 Å². The minimum absolute atomic E-state index is 0. The summed E-state index contributed by atoms with van der Waals surface area (Å²) in [6, 6.07) is 0. The van der Waals surface area contributed by atoms with Gasteiger partial charge in [-0.15, -0.1) is 0 Å². The molecule has 21 valence electrons. The molecule has 0 bridgehead atoms. The van der Waals surface area contributed by atoms with E-state index in [4.69, 9.17) is 5.41 Å². The van der Waals surface area contributed by atoms with Crippen LogP contribution in [-0.4, -0.2) is 6.34 Å². The molecule has 0 aromatic heterocycles. The summed E-state index contributed by atoms with van der Waals surface area (Å²) in [5.41, 5.74) is 4.39. The number of hydrogen-bond donors (Lipinski definition) is 2. The van der Waals surface area contributed by atoms with E-state index in [9.17, 15) is 0 Å². The fraction of sp³-hybridized carbons (Fsp3) is 0. The van der Waals surface area contributed by atoms with Gasteiger partial charge >= 0.3 is 0 Å². The van der Waals surface area contributed by atoms with Gasteiger partial charge < -0.3 is 5.73 Å². The molecule has 0 atom stereocenters. The molecular weight excluding hydrogens is 129 g/mol. The van der Waals surface area contributed by atoms with Crippen LogP contribution in [0.1, 0.15) is 0 Å². The van der Waals surface area contributed by atoms with Crippen LogP contribution in [0, 0.1) is 5.41 Å². The van der Waals surface area contributed by atoms with Crippen molar-refractivity contribution in [2.24, 2.45) is 5.73 Å². The molecule has 0 heterocycles. The normalized spacial score (nSPS) is 3.00. The summed E-state index contributed by atoms with van der Waals surface area (Å²) in [6.45, 7) is 0. The van der Waals surface area contributed by atoms with Crippen LogP contribution < -0.4 is 5.73 Å². The molecule has 0 aromatic rings. The van der Waals surface area contributed by atoms with E-state index in [1.54, 1.807) is 0 Å². The van der Waals surface area contributed by atoms with Gasteiger partial charge in [0.2, 0.25) is 0 Å². The summed E-state index contributed by atoms with van der Waals surface area (Å²) in [4.78, 5) is 0. The first-order valence-corrected chi connectivity index (χ1v) is 0.622. The number of hydrogen-bond acceptors (Lipinski definition) is 1. The third kappa shape index (κ3) is 19.4. The molecule has 0 rings (SSSR count). The monoisotopic (exact) mass is 133 g/mol. The van der Waals surface area contributed by atoms with Gasteiger partial charge in [-0.05, 0) is 0 Å². The van der Waals surface area contributed by atoms with Crippen molar-refractivity contribution >= 4 is 6.34 Å². The average molecular weight is 133 g/mol. The second-order valence-electron chi connectivity index (χ2n) is 0.167. The zero-order chi connectivity index (χ0) is 2.71. The van der Waals surface area contributed by atoms with Crippen LogP contribution in [0.25, 0.3) is 0 Å². The quantitative estimate of drug-likeness (QED) is 0.341. The third-order valence-corrected chi connectivity index (χ3v) is 0. The Kier molecular flexibility index (Phi) is 21.1. The molecule has 4 heavy (non-hydrogen) atoms. The molecular formula is CH4N2Y. The Hall–Kier alpha value is 0.574. The van der Waals surface area contributed by atoms with Crippen molar-refractivity contribution in [3.63, 3.8) is 0 Å². The number of nitrogens with one attached hydrogen (secondary N) is 1. The average Bonchev–Trinajstić information content (AvgIpc) is 0.918. The van der Waals surface area contributed by atoms with Gasteiger partial charge in [-0.1, -0.05) is 0 Å². The van der Waals surface area contributed by atoms with Crippen LogP contribution in [0.2, 0.25) is 0 Å². The predicted octanol–water partition coefficient (Wildman–Crippen LogP) is -0.450. The summed E-state index contributed by atoms with van der Waals surface area (Å²) in [7, 11) is 0. The van der Waals surface area contributed by atoms with Gasteiger partial charge in [0.15, 0.2) is 0 Å². The Morgan fingerprint density at radius 3 is 1.75 bits per heavy atom. The molecule has 0 spiro atoms.